The zero-order valence-corrected chi connectivity index (χ0v) is 15.7. The molecule has 1 heterocycles. The molecule has 3 atom stereocenters. The number of allylic oxidation sites excluding steroid dienone is 2. The van der Waals surface area contributed by atoms with E-state index in [4.69, 9.17) is 9.47 Å². The second kappa shape index (κ2) is 7.31. The van der Waals surface area contributed by atoms with Crippen molar-refractivity contribution in [3.8, 4) is 11.5 Å². The Labute approximate surface area is 155 Å². The van der Waals surface area contributed by atoms with Crippen LogP contribution in [0.4, 0.5) is 0 Å². The number of hydrogen-bond donors (Lipinski definition) is 0. The number of carbonyl (C=O) groups excluding carboxylic acids is 1. The quantitative estimate of drug-likeness (QED) is 0.761. The lowest BCUT2D eigenvalue weighted by Crippen LogP contribution is -2.50. The highest BCUT2D eigenvalue weighted by Crippen LogP contribution is 2.43. The Kier molecular flexibility index (Phi) is 4.90. The molecule has 1 saturated heterocycles. The van der Waals surface area contributed by atoms with Crippen LogP contribution in [0.25, 0.3) is 0 Å². The van der Waals surface area contributed by atoms with E-state index in [2.05, 4.69) is 17.1 Å². The van der Waals surface area contributed by atoms with E-state index in [0.717, 1.165) is 43.9 Å². The lowest BCUT2D eigenvalue weighted by atomic mass is 9.93. The monoisotopic (exact) mass is 356 g/mol. The first-order valence-electron chi connectivity index (χ1n) is 9.60. The molecule has 0 unspecified atom stereocenters. The Morgan fingerprint density at radius 1 is 1.04 bits per heavy atom. The zero-order valence-electron chi connectivity index (χ0n) is 15.7. The van der Waals surface area contributed by atoms with E-state index in [9.17, 15) is 4.79 Å². The van der Waals surface area contributed by atoms with Crippen LogP contribution in [0, 0.1) is 17.8 Å². The van der Waals surface area contributed by atoms with Gasteiger partial charge in [0.05, 0.1) is 14.2 Å². The Balaban J connectivity index is 1.33. The highest BCUT2D eigenvalue weighted by molar-refractivity contribution is 5.95. The van der Waals surface area contributed by atoms with Crippen LogP contribution in [-0.4, -0.2) is 62.7 Å². The van der Waals surface area contributed by atoms with Gasteiger partial charge in [-0.05, 0) is 48.8 Å². The Morgan fingerprint density at radius 2 is 1.81 bits per heavy atom. The van der Waals surface area contributed by atoms with Crippen LogP contribution in [0.1, 0.15) is 23.2 Å². The van der Waals surface area contributed by atoms with Crippen LogP contribution in [0.15, 0.2) is 30.4 Å². The normalized spacial score (nSPS) is 27.8. The fraction of sp³-hybridized carbons (Fsp3) is 0.571. The number of ether oxygens (including phenoxy) is 2. The van der Waals surface area contributed by atoms with Gasteiger partial charge in [-0.1, -0.05) is 12.2 Å². The number of piperazine rings is 1. The minimum absolute atomic E-state index is 0.0773. The topological polar surface area (TPSA) is 42.0 Å². The van der Waals surface area contributed by atoms with Gasteiger partial charge in [0.15, 0.2) is 11.5 Å². The average Bonchev–Trinajstić information content (AvgIpc) is 3.30. The van der Waals surface area contributed by atoms with Crippen molar-refractivity contribution >= 4 is 5.91 Å². The second-order valence-electron chi connectivity index (χ2n) is 7.70. The first-order chi connectivity index (χ1) is 12.7. The van der Waals surface area contributed by atoms with Gasteiger partial charge in [0.1, 0.15) is 0 Å². The molecular formula is C21H28N2O3. The summed E-state index contributed by atoms with van der Waals surface area (Å²) in [5.41, 5.74) is 0.661. The zero-order chi connectivity index (χ0) is 18.1. The van der Waals surface area contributed by atoms with Gasteiger partial charge in [-0.25, -0.2) is 0 Å². The Bertz CT molecular complexity index is 694. The molecule has 5 heteroatoms. The number of methoxy groups -OCH3 is 2. The minimum atomic E-state index is 0.0773. The van der Waals surface area contributed by atoms with Crippen molar-refractivity contribution < 1.29 is 14.3 Å². The second-order valence-corrected chi connectivity index (χ2v) is 7.70. The van der Waals surface area contributed by atoms with Crippen molar-refractivity contribution in [2.45, 2.75) is 12.8 Å². The van der Waals surface area contributed by atoms with Crippen LogP contribution in [-0.2, 0) is 0 Å². The van der Waals surface area contributed by atoms with Gasteiger partial charge >= 0.3 is 0 Å². The van der Waals surface area contributed by atoms with Gasteiger partial charge in [0.2, 0.25) is 0 Å². The molecule has 2 bridgehead atoms. The number of carbonyl (C=O) groups is 1. The van der Waals surface area contributed by atoms with Crippen molar-refractivity contribution in [3.05, 3.63) is 35.9 Å². The lowest BCUT2D eigenvalue weighted by Gasteiger charge is -2.37. The van der Waals surface area contributed by atoms with Gasteiger partial charge < -0.3 is 14.4 Å². The van der Waals surface area contributed by atoms with E-state index >= 15 is 0 Å². The third-order valence-corrected chi connectivity index (χ3v) is 6.20. The first kappa shape index (κ1) is 17.4. The van der Waals surface area contributed by atoms with Crippen molar-refractivity contribution in [2.75, 3.05) is 46.9 Å². The molecular weight excluding hydrogens is 328 g/mol. The molecule has 140 valence electrons. The van der Waals surface area contributed by atoms with Crippen LogP contribution in [0.5, 0.6) is 11.5 Å². The van der Waals surface area contributed by atoms with Gasteiger partial charge in [-0.2, -0.15) is 0 Å². The fourth-order valence-corrected chi connectivity index (χ4v) is 4.72. The van der Waals surface area contributed by atoms with Crippen molar-refractivity contribution in [1.29, 1.82) is 0 Å². The van der Waals surface area contributed by atoms with Crippen molar-refractivity contribution in [3.63, 3.8) is 0 Å². The Morgan fingerprint density at radius 3 is 2.42 bits per heavy atom. The summed E-state index contributed by atoms with van der Waals surface area (Å²) in [5.74, 6) is 3.77. The maximum absolute atomic E-state index is 12.8. The number of rotatable bonds is 5. The first-order valence-corrected chi connectivity index (χ1v) is 9.60. The molecule has 1 aliphatic heterocycles. The molecule has 0 radical (unpaired) electrons. The fourth-order valence-electron chi connectivity index (χ4n) is 4.72. The van der Waals surface area contributed by atoms with E-state index in [1.165, 1.54) is 19.4 Å². The van der Waals surface area contributed by atoms with Crippen molar-refractivity contribution in [1.82, 2.24) is 9.80 Å². The number of nitrogens with zero attached hydrogens (tertiary/aromatic N) is 2. The molecule has 0 spiro atoms. The van der Waals surface area contributed by atoms with Crippen LogP contribution >= 0.6 is 0 Å². The largest absolute Gasteiger partial charge is 0.493 e. The molecule has 1 aromatic carbocycles. The van der Waals surface area contributed by atoms with E-state index in [-0.39, 0.29) is 5.91 Å². The lowest BCUT2D eigenvalue weighted by molar-refractivity contribution is 0.0610. The molecule has 1 saturated carbocycles. The molecule has 0 aromatic heterocycles. The van der Waals surface area contributed by atoms with Gasteiger partial charge in [0, 0.05) is 38.3 Å². The molecule has 3 aliphatic rings. The highest BCUT2D eigenvalue weighted by atomic mass is 16.5. The minimum Gasteiger partial charge on any atom is -0.493 e. The predicted molar refractivity (Wildman–Crippen MR) is 101 cm³/mol. The number of hydrogen-bond acceptors (Lipinski definition) is 4. The molecule has 0 N–H and O–H groups in total. The summed E-state index contributed by atoms with van der Waals surface area (Å²) < 4.78 is 10.6. The van der Waals surface area contributed by atoms with Gasteiger partial charge in [-0.15, -0.1) is 0 Å². The molecule has 2 fully saturated rings. The molecule has 4 rings (SSSR count). The number of benzene rings is 1. The summed E-state index contributed by atoms with van der Waals surface area (Å²) in [6.45, 7) is 4.71. The van der Waals surface area contributed by atoms with E-state index in [1.54, 1.807) is 26.4 Å². The highest BCUT2D eigenvalue weighted by Gasteiger charge is 2.36. The maximum atomic E-state index is 12.8. The van der Waals surface area contributed by atoms with Crippen LogP contribution in [0.2, 0.25) is 0 Å². The molecule has 2 aliphatic carbocycles. The SMILES string of the molecule is COc1ccc(C(=O)N2CCN(C[C@@H]3C[C@@H]4C=C[C@@H]3C4)CC2)cc1OC. The number of amides is 1. The van der Waals surface area contributed by atoms with E-state index in [1.807, 2.05) is 11.0 Å². The smallest absolute Gasteiger partial charge is 0.254 e. The third-order valence-electron chi connectivity index (χ3n) is 6.20. The van der Waals surface area contributed by atoms with Crippen LogP contribution in [0.3, 0.4) is 0 Å². The third kappa shape index (κ3) is 3.32. The molecule has 5 nitrogen and oxygen atoms in total. The summed E-state index contributed by atoms with van der Waals surface area (Å²) in [5, 5.41) is 0. The summed E-state index contributed by atoms with van der Waals surface area (Å²) in [7, 11) is 3.19. The summed E-state index contributed by atoms with van der Waals surface area (Å²) in [6.07, 6.45) is 7.55. The average molecular weight is 356 g/mol. The molecule has 26 heavy (non-hydrogen) atoms. The van der Waals surface area contributed by atoms with Gasteiger partial charge in [-0.3, -0.25) is 9.69 Å². The molecule has 1 amide bonds. The Hall–Kier alpha value is -2.01. The number of fused-ring (bicyclic) bond motifs is 2. The molecule has 1 aromatic rings. The summed E-state index contributed by atoms with van der Waals surface area (Å²) in [6, 6.07) is 5.39. The maximum Gasteiger partial charge on any atom is 0.254 e. The summed E-state index contributed by atoms with van der Waals surface area (Å²) >= 11 is 0. The van der Waals surface area contributed by atoms with Crippen molar-refractivity contribution in [2.24, 2.45) is 17.8 Å². The van der Waals surface area contributed by atoms with Crippen LogP contribution < -0.4 is 9.47 Å². The van der Waals surface area contributed by atoms with Gasteiger partial charge in [0.25, 0.3) is 5.91 Å². The predicted octanol–water partition coefficient (Wildman–Crippen LogP) is 2.67. The standard InChI is InChI=1S/C21H28N2O3/c1-25-19-6-5-17(13-20(19)26-2)21(24)23-9-7-22(8-10-23)14-18-12-15-3-4-16(18)11-15/h3-6,13,15-16,18H,7-12,14H2,1-2H3/t15-,16-,18+/m1/s1. The van der Waals surface area contributed by atoms with E-state index < -0.39 is 0 Å². The van der Waals surface area contributed by atoms with E-state index in [0.29, 0.717) is 17.1 Å². The summed E-state index contributed by atoms with van der Waals surface area (Å²) in [4.78, 5) is 17.3.